The van der Waals surface area contributed by atoms with E-state index < -0.39 is 11.1 Å². The molecular weight excluding hydrogens is 294 g/mol. The molecule has 3 aromatic rings. The Bertz CT molecular complexity index is 698. The molecule has 0 radical (unpaired) electrons. The first-order valence-corrected chi connectivity index (χ1v) is 7.15. The average Bonchev–Trinajstić information content (AvgIpc) is 2.93. The zero-order chi connectivity index (χ0) is 14.7. The van der Waals surface area contributed by atoms with Crippen LogP contribution in [0.25, 0.3) is 11.1 Å². The Morgan fingerprint density at radius 3 is 2.52 bits per heavy atom. The summed E-state index contributed by atoms with van der Waals surface area (Å²) in [5.74, 6) is -0.589. The van der Waals surface area contributed by atoms with Crippen LogP contribution in [-0.2, 0) is 11.8 Å². The molecule has 1 heterocycles. The van der Waals surface area contributed by atoms with Gasteiger partial charge < -0.3 is 4.42 Å². The number of nitrogens with zero attached hydrogens (tertiary/aromatic N) is 1. The van der Waals surface area contributed by atoms with E-state index in [1.54, 1.807) is 24.3 Å². The number of fused-ring (bicyclic) bond motifs is 1. The minimum absolute atomic E-state index is 0.302. The molecule has 21 heavy (non-hydrogen) atoms. The Labute approximate surface area is 124 Å². The third-order valence-electron chi connectivity index (χ3n) is 2.86. The van der Waals surface area contributed by atoms with E-state index in [-0.39, 0.29) is 0 Å². The molecule has 0 bridgehead atoms. The van der Waals surface area contributed by atoms with Crippen molar-refractivity contribution in [2.45, 2.75) is 11.8 Å². The standard InChI is InChI=1S/C15H12F2N2OS/c16-15(17,21-18-10-11-6-2-1-3-7-11)14-19-12-8-4-5-9-13(12)20-14/h1-9,18H,10H2. The zero-order valence-corrected chi connectivity index (χ0v) is 11.7. The van der Waals surface area contributed by atoms with Crippen molar-refractivity contribution in [3.8, 4) is 0 Å². The van der Waals surface area contributed by atoms with E-state index in [1.165, 1.54) is 0 Å². The number of alkyl halides is 2. The lowest BCUT2D eigenvalue weighted by molar-refractivity contribution is 0.0726. The van der Waals surface area contributed by atoms with Crippen molar-refractivity contribution >= 4 is 23.0 Å². The molecule has 3 rings (SSSR count). The third-order valence-corrected chi connectivity index (χ3v) is 3.58. The fraction of sp³-hybridized carbons (Fsp3) is 0.133. The summed E-state index contributed by atoms with van der Waals surface area (Å²) in [4.78, 5) is 3.83. The van der Waals surface area contributed by atoms with Crippen LogP contribution in [0.5, 0.6) is 0 Å². The maximum Gasteiger partial charge on any atom is 0.381 e. The molecule has 0 unspecified atom stereocenters. The van der Waals surface area contributed by atoms with Gasteiger partial charge in [0.05, 0.1) is 0 Å². The van der Waals surface area contributed by atoms with Crippen molar-refractivity contribution in [1.82, 2.24) is 9.71 Å². The van der Waals surface area contributed by atoms with Gasteiger partial charge in [-0.1, -0.05) is 42.5 Å². The number of hydrogen-bond acceptors (Lipinski definition) is 4. The highest BCUT2D eigenvalue weighted by molar-refractivity contribution is 7.97. The van der Waals surface area contributed by atoms with E-state index >= 15 is 0 Å². The molecule has 0 aliphatic rings. The van der Waals surface area contributed by atoms with Gasteiger partial charge in [-0.25, -0.2) is 4.98 Å². The number of para-hydroxylation sites is 2. The van der Waals surface area contributed by atoms with E-state index in [0.29, 0.717) is 29.6 Å². The highest BCUT2D eigenvalue weighted by atomic mass is 32.2. The molecule has 1 aromatic heterocycles. The van der Waals surface area contributed by atoms with Gasteiger partial charge in [0, 0.05) is 18.5 Å². The summed E-state index contributed by atoms with van der Waals surface area (Å²) in [5.41, 5.74) is 1.71. The Balaban J connectivity index is 1.68. The molecule has 0 fully saturated rings. The summed E-state index contributed by atoms with van der Waals surface area (Å²) in [6, 6.07) is 16.0. The van der Waals surface area contributed by atoms with Gasteiger partial charge in [0.1, 0.15) is 5.52 Å². The second kappa shape index (κ2) is 5.83. The third kappa shape index (κ3) is 3.22. The normalized spacial score (nSPS) is 11.9. The number of rotatable bonds is 5. The highest BCUT2D eigenvalue weighted by Gasteiger charge is 2.38. The van der Waals surface area contributed by atoms with Crippen LogP contribution in [-0.4, -0.2) is 4.98 Å². The van der Waals surface area contributed by atoms with Crippen molar-refractivity contribution in [2.75, 3.05) is 0 Å². The second-order valence-corrected chi connectivity index (χ2v) is 5.42. The average molecular weight is 306 g/mol. The Kier molecular flexibility index (Phi) is 3.90. The molecule has 0 aliphatic carbocycles. The van der Waals surface area contributed by atoms with Gasteiger partial charge in [0.15, 0.2) is 5.58 Å². The number of oxazole rings is 1. The molecular formula is C15H12F2N2OS. The molecule has 0 spiro atoms. The number of nitrogens with one attached hydrogen (secondary N) is 1. The van der Waals surface area contributed by atoms with E-state index in [1.807, 2.05) is 30.3 Å². The van der Waals surface area contributed by atoms with E-state index in [0.717, 1.165) is 5.56 Å². The largest absolute Gasteiger partial charge is 0.434 e. The number of benzene rings is 2. The van der Waals surface area contributed by atoms with Crippen molar-refractivity contribution in [2.24, 2.45) is 0 Å². The van der Waals surface area contributed by atoms with Gasteiger partial charge in [0.2, 0.25) is 0 Å². The fourth-order valence-corrected chi connectivity index (χ4v) is 2.44. The number of halogens is 2. The van der Waals surface area contributed by atoms with Crippen LogP contribution in [0.3, 0.4) is 0 Å². The van der Waals surface area contributed by atoms with Gasteiger partial charge in [-0.15, -0.1) is 0 Å². The molecule has 6 heteroatoms. The Morgan fingerprint density at radius 2 is 1.76 bits per heavy atom. The van der Waals surface area contributed by atoms with Crippen molar-refractivity contribution in [3.05, 3.63) is 66.1 Å². The lowest BCUT2D eigenvalue weighted by Gasteiger charge is -2.12. The first-order valence-electron chi connectivity index (χ1n) is 6.34. The van der Waals surface area contributed by atoms with E-state index in [9.17, 15) is 8.78 Å². The predicted molar refractivity (Wildman–Crippen MR) is 78.8 cm³/mol. The minimum atomic E-state index is -3.23. The Hall–Kier alpha value is -1.92. The SMILES string of the molecule is FC(F)(SNCc1ccccc1)c1nc2ccccc2o1. The molecule has 0 saturated carbocycles. The summed E-state index contributed by atoms with van der Waals surface area (Å²) >= 11 is 0.302. The molecule has 0 amide bonds. The van der Waals surface area contributed by atoms with Gasteiger partial charge in [-0.2, -0.15) is 8.78 Å². The first-order chi connectivity index (χ1) is 10.1. The van der Waals surface area contributed by atoms with E-state index in [2.05, 4.69) is 9.71 Å². The maximum absolute atomic E-state index is 14.0. The number of hydrogen-bond donors (Lipinski definition) is 1. The van der Waals surface area contributed by atoms with Crippen LogP contribution in [0, 0.1) is 0 Å². The van der Waals surface area contributed by atoms with Crippen LogP contribution in [0.1, 0.15) is 11.5 Å². The maximum atomic E-state index is 14.0. The zero-order valence-electron chi connectivity index (χ0n) is 10.9. The van der Waals surface area contributed by atoms with Gasteiger partial charge in [0.25, 0.3) is 5.89 Å². The minimum Gasteiger partial charge on any atom is -0.434 e. The monoisotopic (exact) mass is 306 g/mol. The second-order valence-electron chi connectivity index (χ2n) is 4.41. The van der Waals surface area contributed by atoms with Gasteiger partial charge >= 0.3 is 5.25 Å². The molecule has 0 aliphatic heterocycles. The molecule has 108 valence electrons. The lowest BCUT2D eigenvalue weighted by Crippen LogP contribution is -2.16. The smallest absolute Gasteiger partial charge is 0.381 e. The first kappa shape index (κ1) is 14.0. The van der Waals surface area contributed by atoms with Crippen molar-refractivity contribution in [3.63, 3.8) is 0 Å². The summed E-state index contributed by atoms with van der Waals surface area (Å²) in [6.45, 7) is 0.335. The summed E-state index contributed by atoms with van der Waals surface area (Å²) in [7, 11) is 0. The molecule has 0 saturated heterocycles. The summed E-state index contributed by atoms with van der Waals surface area (Å²) in [5, 5.41) is -3.23. The van der Waals surface area contributed by atoms with Crippen LogP contribution in [0.2, 0.25) is 0 Å². The molecule has 2 aromatic carbocycles. The Morgan fingerprint density at radius 1 is 1.05 bits per heavy atom. The molecule has 0 atom stereocenters. The quantitative estimate of drug-likeness (QED) is 0.713. The van der Waals surface area contributed by atoms with Crippen LogP contribution in [0.15, 0.2) is 59.0 Å². The topological polar surface area (TPSA) is 38.1 Å². The van der Waals surface area contributed by atoms with Crippen molar-refractivity contribution < 1.29 is 13.2 Å². The summed E-state index contributed by atoms with van der Waals surface area (Å²) in [6.07, 6.45) is 0. The van der Waals surface area contributed by atoms with Crippen LogP contribution < -0.4 is 4.72 Å². The molecule has 3 nitrogen and oxygen atoms in total. The predicted octanol–water partition coefficient (Wildman–Crippen LogP) is 4.32. The van der Waals surface area contributed by atoms with Crippen LogP contribution in [0.4, 0.5) is 8.78 Å². The summed E-state index contributed by atoms with van der Waals surface area (Å²) < 4.78 is 35.8. The van der Waals surface area contributed by atoms with Gasteiger partial charge in [-0.3, -0.25) is 4.72 Å². The van der Waals surface area contributed by atoms with Crippen LogP contribution >= 0.6 is 11.9 Å². The lowest BCUT2D eigenvalue weighted by atomic mass is 10.2. The van der Waals surface area contributed by atoms with E-state index in [4.69, 9.17) is 4.42 Å². The molecule has 1 N–H and O–H groups in total. The highest BCUT2D eigenvalue weighted by Crippen LogP contribution is 2.38. The van der Waals surface area contributed by atoms with Crippen molar-refractivity contribution in [1.29, 1.82) is 0 Å². The van der Waals surface area contributed by atoms with Gasteiger partial charge in [-0.05, 0) is 17.7 Å². The fourth-order valence-electron chi connectivity index (χ4n) is 1.85. The number of aromatic nitrogens is 1.